The summed E-state index contributed by atoms with van der Waals surface area (Å²) in [4.78, 5) is 24.4. The average Bonchev–Trinajstić information content (AvgIpc) is 3.30. The van der Waals surface area contributed by atoms with E-state index < -0.39 is 0 Å². The predicted octanol–water partition coefficient (Wildman–Crippen LogP) is 3.89. The van der Waals surface area contributed by atoms with E-state index in [4.69, 9.17) is 4.74 Å². The SMILES string of the molecule is Cl.O=C(CCCCNCC1CCCO1)Nc1cccc(-c2n[nH]c(=O)c3ccccc23)c1. The Bertz CT molecular complexity index is 1100. The maximum atomic E-state index is 12.3. The van der Waals surface area contributed by atoms with Crippen LogP contribution in [-0.2, 0) is 9.53 Å². The van der Waals surface area contributed by atoms with Crippen molar-refractivity contribution in [3.05, 3.63) is 58.9 Å². The van der Waals surface area contributed by atoms with Gasteiger partial charge in [0.05, 0.1) is 17.2 Å². The lowest BCUT2D eigenvalue weighted by Gasteiger charge is -2.11. The van der Waals surface area contributed by atoms with E-state index in [1.165, 1.54) is 0 Å². The summed E-state index contributed by atoms with van der Waals surface area (Å²) in [6.45, 7) is 2.67. The Labute approximate surface area is 193 Å². The van der Waals surface area contributed by atoms with Crippen molar-refractivity contribution in [1.82, 2.24) is 15.5 Å². The summed E-state index contributed by atoms with van der Waals surface area (Å²) < 4.78 is 5.59. The highest BCUT2D eigenvalue weighted by Gasteiger charge is 2.14. The number of rotatable bonds is 9. The van der Waals surface area contributed by atoms with Gasteiger partial charge in [0.25, 0.3) is 5.56 Å². The number of anilines is 1. The molecule has 4 rings (SSSR count). The Morgan fingerprint density at radius 1 is 1.12 bits per heavy atom. The van der Waals surface area contributed by atoms with Crippen molar-refractivity contribution in [2.75, 3.05) is 25.0 Å². The Morgan fingerprint density at radius 2 is 1.97 bits per heavy atom. The third-order valence-electron chi connectivity index (χ3n) is 5.52. The van der Waals surface area contributed by atoms with Crippen molar-refractivity contribution in [3.63, 3.8) is 0 Å². The van der Waals surface area contributed by atoms with E-state index in [1.54, 1.807) is 6.07 Å². The number of amides is 1. The number of hydrogen-bond donors (Lipinski definition) is 3. The molecular formula is C24H29ClN4O3. The molecule has 2 heterocycles. The van der Waals surface area contributed by atoms with E-state index in [9.17, 15) is 9.59 Å². The number of nitrogens with zero attached hydrogens (tertiary/aromatic N) is 1. The number of aromatic amines is 1. The molecule has 1 fully saturated rings. The van der Waals surface area contributed by atoms with Gasteiger partial charge < -0.3 is 15.4 Å². The molecule has 0 radical (unpaired) electrons. The highest BCUT2D eigenvalue weighted by Crippen LogP contribution is 2.26. The monoisotopic (exact) mass is 456 g/mol. The number of halogens is 1. The minimum atomic E-state index is -0.214. The summed E-state index contributed by atoms with van der Waals surface area (Å²) in [5, 5.41) is 14.5. The fourth-order valence-corrected chi connectivity index (χ4v) is 3.91. The predicted molar refractivity (Wildman–Crippen MR) is 129 cm³/mol. The van der Waals surface area contributed by atoms with Gasteiger partial charge in [0, 0.05) is 36.2 Å². The number of unbranched alkanes of at least 4 members (excludes halogenated alkanes) is 1. The number of fused-ring (bicyclic) bond motifs is 1. The van der Waals surface area contributed by atoms with E-state index in [0.717, 1.165) is 62.0 Å². The second-order valence-corrected chi connectivity index (χ2v) is 7.87. The zero-order valence-corrected chi connectivity index (χ0v) is 18.7. The number of benzene rings is 2. The van der Waals surface area contributed by atoms with Crippen LogP contribution in [0.5, 0.6) is 0 Å². The lowest BCUT2D eigenvalue weighted by atomic mass is 10.0. The van der Waals surface area contributed by atoms with Crippen LogP contribution in [0.2, 0.25) is 0 Å². The Morgan fingerprint density at radius 3 is 2.78 bits per heavy atom. The lowest BCUT2D eigenvalue weighted by molar-refractivity contribution is -0.116. The van der Waals surface area contributed by atoms with Crippen LogP contribution in [-0.4, -0.2) is 41.9 Å². The van der Waals surface area contributed by atoms with E-state index in [-0.39, 0.29) is 23.9 Å². The van der Waals surface area contributed by atoms with Gasteiger partial charge in [0.1, 0.15) is 0 Å². The van der Waals surface area contributed by atoms with Crippen LogP contribution in [0.25, 0.3) is 22.0 Å². The maximum absolute atomic E-state index is 12.3. The van der Waals surface area contributed by atoms with Crippen LogP contribution in [0.1, 0.15) is 32.1 Å². The number of H-pyrrole nitrogens is 1. The van der Waals surface area contributed by atoms with Gasteiger partial charge in [0.2, 0.25) is 5.91 Å². The van der Waals surface area contributed by atoms with Crippen LogP contribution in [0.15, 0.2) is 53.3 Å². The van der Waals surface area contributed by atoms with Gasteiger partial charge >= 0.3 is 0 Å². The molecule has 3 N–H and O–H groups in total. The zero-order chi connectivity index (χ0) is 21.5. The second-order valence-electron chi connectivity index (χ2n) is 7.87. The fraction of sp³-hybridized carbons (Fsp3) is 0.375. The molecule has 2 aromatic carbocycles. The number of carbonyl (C=O) groups excluding carboxylic acids is 1. The molecule has 1 unspecified atom stereocenters. The largest absolute Gasteiger partial charge is 0.377 e. The lowest BCUT2D eigenvalue weighted by Crippen LogP contribution is -2.27. The Hall–Kier alpha value is -2.74. The van der Waals surface area contributed by atoms with Gasteiger partial charge in [-0.3, -0.25) is 9.59 Å². The minimum absolute atomic E-state index is 0. The van der Waals surface area contributed by atoms with Crippen molar-refractivity contribution < 1.29 is 9.53 Å². The number of nitrogens with one attached hydrogen (secondary N) is 3. The first kappa shape index (κ1) is 23.9. The van der Waals surface area contributed by atoms with Gasteiger partial charge in [-0.2, -0.15) is 5.10 Å². The Balaban J connectivity index is 0.00000289. The molecule has 8 heteroatoms. The molecule has 1 amide bonds. The smallest absolute Gasteiger partial charge is 0.272 e. The summed E-state index contributed by atoms with van der Waals surface area (Å²) in [5.41, 5.74) is 2.03. The average molecular weight is 457 g/mol. The topological polar surface area (TPSA) is 96.1 Å². The molecule has 1 saturated heterocycles. The molecule has 170 valence electrons. The van der Waals surface area contributed by atoms with Crippen LogP contribution >= 0.6 is 12.4 Å². The molecule has 1 aromatic heterocycles. The molecule has 0 bridgehead atoms. The van der Waals surface area contributed by atoms with Gasteiger partial charge in [-0.1, -0.05) is 30.3 Å². The molecule has 1 aliphatic heterocycles. The summed E-state index contributed by atoms with van der Waals surface area (Å²) in [7, 11) is 0. The van der Waals surface area contributed by atoms with Crippen LogP contribution in [0, 0.1) is 0 Å². The molecule has 0 spiro atoms. The Kier molecular flexibility index (Phi) is 8.79. The number of hydrogen-bond acceptors (Lipinski definition) is 5. The quantitative estimate of drug-likeness (QED) is 0.424. The van der Waals surface area contributed by atoms with Gasteiger partial charge in [-0.25, -0.2) is 5.10 Å². The van der Waals surface area contributed by atoms with Crippen molar-refractivity contribution in [3.8, 4) is 11.3 Å². The van der Waals surface area contributed by atoms with E-state index in [0.29, 0.717) is 23.6 Å². The molecule has 1 aliphatic rings. The summed E-state index contributed by atoms with van der Waals surface area (Å²) in [5.74, 6) is -0.00411. The molecule has 0 saturated carbocycles. The highest BCUT2D eigenvalue weighted by molar-refractivity contribution is 5.95. The summed E-state index contributed by atoms with van der Waals surface area (Å²) in [6, 6.07) is 14.9. The first-order chi connectivity index (χ1) is 15.2. The van der Waals surface area contributed by atoms with Crippen molar-refractivity contribution in [1.29, 1.82) is 0 Å². The molecule has 7 nitrogen and oxygen atoms in total. The molecule has 1 atom stereocenters. The molecule has 3 aromatic rings. The molecule has 32 heavy (non-hydrogen) atoms. The summed E-state index contributed by atoms with van der Waals surface area (Å²) in [6.07, 6.45) is 4.90. The second kappa shape index (κ2) is 11.8. The number of ether oxygens (including phenoxy) is 1. The summed E-state index contributed by atoms with van der Waals surface area (Å²) >= 11 is 0. The van der Waals surface area contributed by atoms with Crippen LogP contribution < -0.4 is 16.2 Å². The third-order valence-corrected chi connectivity index (χ3v) is 5.52. The molecule has 0 aliphatic carbocycles. The van der Waals surface area contributed by atoms with E-state index >= 15 is 0 Å². The minimum Gasteiger partial charge on any atom is -0.377 e. The number of carbonyl (C=O) groups is 1. The fourth-order valence-electron chi connectivity index (χ4n) is 3.91. The van der Waals surface area contributed by atoms with Gasteiger partial charge in [-0.15, -0.1) is 12.4 Å². The number of aromatic nitrogens is 2. The van der Waals surface area contributed by atoms with Gasteiger partial charge in [-0.05, 0) is 50.4 Å². The maximum Gasteiger partial charge on any atom is 0.272 e. The normalized spacial score (nSPS) is 15.4. The highest BCUT2D eigenvalue weighted by atomic mass is 35.5. The van der Waals surface area contributed by atoms with Crippen molar-refractivity contribution in [2.24, 2.45) is 0 Å². The van der Waals surface area contributed by atoms with Gasteiger partial charge in [0.15, 0.2) is 0 Å². The van der Waals surface area contributed by atoms with Crippen molar-refractivity contribution in [2.45, 2.75) is 38.2 Å². The van der Waals surface area contributed by atoms with Crippen molar-refractivity contribution >= 4 is 34.8 Å². The van der Waals surface area contributed by atoms with Crippen LogP contribution in [0.3, 0.4) is 0 Å². The van der Waals surface area contributed by atoms with E-state index in [1.807, 2.05) is 42.5 Å². The zero-order valence-electron chi connectivity index (χ0n) is 17.9. The first-order valence-electron chi connectivity index (χ1n) is 10.9. The standard InChI is InChI=1S/C24H28N4O3.ClH/c29-22(12-3-4-13-25-16-19-9-6-14-31-19)26-18-8-5-7-17(15-18)23-20-10-1-2-11-21(20)24(30)28-27-23;/h1-2,5,7-8,10-11,15,19,25H,3-4,6,9,12-14,16H2,(H,26,29)(H,28,30);1H. The third kappa shape index (κ3) is 6.16. The first-order valence-corrected chi connectivity index (χ1v) is 10.9. The van der Waals surface area contributed by atoms with Crippen LogP contribution in [0.4, 0.5) is 5.69 Å². The van der Waals surface area contributed by atoms with E-state index in [2.05, 4.69) is 20.8 Å². The molecular weight excluding hydrogens is 428 g/mol.